The van der Waals surface area contributed by atoms with E-state index in [0.29, 0.717) is 17.8 Å². The number of carbonyl (C=O) groups is 2. The van der Waals surface area contributed by atoms with Crippen molar-refractivity contribution in [3.05, 3.63) is 47.5 Å². The lowest BCUT2D eigenvalue weighted by molar-refractivity contribution is -0.117. The summed E-state index contributed by atoms with van der Waals surface area (Å²) in [5.74, 6) is -0.143. The third-order valence-electron chi connectivity index (χ3n) is 5.37. The fourth-order valence-electron chi connectivity index (χ4n) is 3.72. The Labute approximate surface area is 164 Å². The Balaban J connectivity index is 0.00000210. The number of likely N-dealkylation sites (N-methyl/N-ethyl adjacent to an activating group) is 1. The predicted molar refractivity (Wildman–Crippen MR) is 111 cm³/mol. The van der Waals surface area contributed by atoms with Crippen molar-refractivity contribution in [2.75, 3.05) is 34.4 Å². The van der Waals surface area contributed by atoms with Gasteiger partial charge in [-0.1, -0.05) is 6.07 Å². The van der Waals surface area contributed by atoms with Gasteiger partial charge in [-0.25, -0.2) is 0 Å². The van der Waals surface area contributed by atoms with E-state index >= 15 is 0 Å². The highest BCUT2D eigenvalue weighted by Crippen LogP contribution is 2.35. The number of nitrogens with two attached hydrogens (primary N) is 1. The zero-order valence-electron chi connectivity index (χ0n) is 15.4. The number of nitrogens with zero attached hydrogens (tertiary/aromatic N) is 2. The first-order chi connectivity index (χ1) is 12.5. The van der Waals surface area contributed by atoms with Gasteiger partial charge in [-0.3, -0.25) is 9.59 Å². The number of nitrogen functional groups attached to an aromatic ring is 1. The zero-order chi connectivity index (χ0) is 18.4. The Kier molecular flexibility index (Phi) is 5.02. The van der Waals surface area contributed by atoms with Crippen molar-refractivity contribution in [1.82, 2.24) is 0 Å². The third kappa shape index (κ3) is 3.10. The van der Waals surface area contributed by atoms with Gasteiger partial charge in [-0.15, -0.1) is 12.4 Å². The van der Waals surface area contributed by atoms with Crippen molar-refractivity contribution < 1.29 is 9.59 Å². The number of fused-ring (bicyclic) bond motifs is 2. The molecule has 142 valence electrons. The highest BCUT2D eigenvalue weighted by atomic mass is 35.5. The molecule has 0 spiro atoms. The minimum atomic E-state index is -0.235. The first kappa shape index (κ1) is 19.0. The standard InChI is InChI=1S/C20H22N4O2.ClH/c1-12-19(25)22-16-11-13(8-9-18(16)23(12)2)20(26)24-10-4-5-14-15(21)6-3-7-17(14)24;/h3,6-9,11-12H,4-5,10,21H2,1-2H3,(H,22,25);1H. The highest BCUT2D eigenvalue weighted by molar-refractivity contribution is 6.10. The minimum Gasteiger partial charge on any atom is -0.398 e. The number of halogens is 1. The van der Waals surface area contributed by atoms with Gasteiger partial charge in [0, 0.05) is 30.5 Å². The lowest BCUT2D eigenvalue weighted by Crippen LogP contribution is -2.44. The average Bonchev–Trinajstić information content (AvgIpc) is 2.65. The number of hydrogen-bond donors (Lipinski definition) is 2. The molecule has 2 aliphatic rings. The maximum absolute atomic E-state index is 13.1. The molecule has 1 atom stereocenters. The molecule has 7 heteroatoms. The Morgan fingerprint density at radius 3 is 2.78 bits per heavy atom. The van der Waals surface area contributed by atoms with Gasteiger partial charge < -0.3 is 20.9 Å². The molecule has 4 rings (SSSR count). The molecule has 0 saturated carbocycles. The number of anilines is 4. The van der Waals surface area contributed by atoms with E-state index in [2.05, 4.69) is 5.32 Å². The lowest BCUT2D eigenvalue weighted by Gasteiger charge is -2.34. The monoisotopic (exact) mass is 386 g/mol. The van der Waals surface area contributed by atoms with E-state index in [9.17, 15) is 9.59 Å². The average molecular weight is 387 g/mol. The summed E-state index contributed by atoms with van der Waals surface area (Å²) < 4.78 is 0. The normalized spacial score (nSPS) is 18.1. The SMILES string of the molecule is CC1C(=O)Nc2cc(C(=O)N3CCCc4c(N)cccc43)ccc2N1C.Cl. The Morgan fingerprint density at radius 1 is 1.22 bits per heavy atom. The van der Waals surface area contributed by atoms with Gasteiger partial charge in [0.1, 0.15) is 6.04 Å². The number of benzene rings is 2. The van der Waals surface area contributed by atoms with Crippen LogP contribution in [0.2, 0.25) is 0 Å². The summed E-state index contributed by atoms with van der Waals surface area (Å²) in [4.78, 5) is 28.9. The zero-order valence-corrected chi connectivity index (χ0v) is 16.2. The van der Waals surface area contributed by atoms with Gasteiger partial charge in [0.2, 0.25) is 5.91 Å². The molecule has 2 heterocycles. The van der Waals surface area contributed by atoms with Crippen LogP contribution in [0.3, 0.4) is 0 Å². The first-order valence-corrected chi connectivity index (χ1v) is 8.84. The summed E-state index contributed by atoms with van der Waals surface area (Å²) in [6, 6.07) is 10.9. The molecule has 0 saturated heterocycles. The largest absolute Gasteiger partial charge is 0.398 e. The van der Waals surface area contributed by atoms with Crippen LogP contribution in [0.25, 0.3) is 0 Å². The molecule has 6 nitrogen and oxygen atoms in total. The van der Waals surface area contributed by atoms with Crippen LogP contribution in [0.1, 0.15) is 29.3 Å². The Hall–Kier alpha value is -2.73. The molecule has 3 N–H and O–H groups in total. The van der Waals surface area contributed by atoms with Gasteiger partial charge in [-0.05, 0) is 55.7 Å². The molecular weight excluding hydrogens is 364 g/mol. The highest BCUT2D eigenvalue weighted by Gasteiger charge is 2.29. The molecule has 0 radical (unpaired) electrons. The van der Waals surface area contributed by atoms with Crippen molar-refractivity contribution in [1.29, 1.82) is 0 Å². The molecule has 1 unspecified atom stereocenters. The van der Waals surface area contributed by atoms with Crippen LogP contribution in [0, 0.1) is 0 Å². The fraction of sp³-hybridized carbons (Fsp3) is 0.300. The van der Waals surface area contributed by atoms with Gasteiger partial charge in [0.25, 0.3) is 5.91 Å². The molecule has 0 aliphatic carbocycles. The van der Waals surface area contributed by atoms with Gasteiger partial charge in [-0.2, -0.15) is 0 Å². The van der Waals surface area contributed by atoms with Crippen LogP contribution >= 0.6 is 12.4 Å². The van der Waals surface area contributed by atoms with Crippen LogP contribution in [-0.4, -0.2) is 31.4 Å². The predicted octanol–water partition coefficient (Wildman–Crippen LogP) is 3.06. The maximum Gasteiger partial charge on any atom is 0.258 e. The van der Waals surface area contributed by atoms with Crippen LogP contribution < -0.4 is 20.9 Å². The minimum absolute atomic E-state index is 0. The van der Waals surface area contributed by atoms with Crippen molar-refractivity contribution in [2.24, 2.45) is 0 Å². The van der Waals surface area contributed by atoms with E-state index < -0.39 is 0 Å². The lowest BCUT2D eigenvalue weighted by atomic mass is 9.98. The second-order valence-corrected chi connectivity index (χ2v) is 6.91. The van der Waals surface area contributed by atoms with Crippen LogP contribution in [0.15, 0.2) is 36.4 Å². The van der Waals surface area contributed by atoms with Crippen LogP contribution in [-0.2, 0) is 11.2 Å². The van der Waals surface area contributed by atoms with E-state index in [1.165, 1.54) is 0 Å². The molecular formula is C20H23ClN4O2. The molecule has 27 heavy (non-hydrogen) atoms. The quantitative estimate of drug-likeness (QED) is 0.738. The summed E-state index contributed by atoms with van der Waals surface area (Å²) >= 11 is 0. The van der Waals surface area contributed by atoms with Crippen molar-refractivity contribution >= 4 is 47.0 Å². The van der Waals surface area contributed by atoms with Gasteiger partial charge in [0.05, 0.1) is 11.4 Å². The third-order valence-corrected chi connectivity index (χ3v) is 5.37. The molecule has 2 aromatic rings. The van der Waals surface area contributed by atoms with Gasteiger partial charge in [0.15, 0.2) is 0 Å². The smallest absolute Gasteiger partial charge is 0.258 e. The van der Waals surface area contributed by atoms with E-state index in [1.807, 2.05) is 49.2 Å². The van der Waals surface area contributed by atoms with Crippen molar-refractivity contribution in [2.45, 2.75) is 25.8 Å². The first-order valence-electron chi connectivity index (χ1n) is 8.84. The topological polar surface area (TPSA) is 78.7 Å². The number of nitrogens with one attached hydrogen (secondary N) is 1. The number of hydrogen-bond acceptors (Lipinski definition) is 4. The summed E-state index contributed by atoms with van der Waals surface area (Å²) in [5.41, 5.74) is 10.9. The van der Waals surface area contributed by atoms with E-state index in [1.54, 1.807) is 11.0 Å². The number of amides is 2. The van der Waals surface area contributed by atoms with E-state index in [-0.39, 0.29) is 30.3 Å². The van der Waals surface area contributed by atoms with Crippen LogP contribution in [0.5, 0.6) is 0 Å². The van der Waals surface area contributed by atoms with Crippen LogP contribution in [0.4, 0.5) is 22.7 Å². The summed E-state index contributed by atoms with van der Waals surface area (Å²) in [5, 5.41) is 2.90. The summed E-state index contributed by atoms with van der Waals surface area (Å²) in [6.07, 6.45) is 1.77. The Morgan fingerprint density at radius 2 is 2.00 bits per heavy atom. The molecule has 0 fully saturated rings. The van der Waals surface area contributed by atoms with Crippen molar-refractivity contribution in [3.8, 4) is 0 Å². The molecule has 2 aromatic carbocycles. The molecule has 2 aliphatic heterocycles. The molecule has 0 aromatic heterocycles. The number of carbonyl (C=O) groups excluding carboxylic acids is 2. The summed E-state index contributed by atoms with van der Waals surface area (Å²) in [7, 11) is 1.88. The Bertz CT molecular complexity index is 915. The van der Waals surface area contributed by atoms with Gasteiger partial charge >= 0.3 is 0 Å². The fourth-order valence-corrected chi connectivity index (χ4v) is 3.72. The van der Waals surface area contributed by atoms with Crippen molar-refractivity contribution in [3.63, 3.8) is 0 Å². The maximum atomic E-state index is 13.1. The second-order valence-electron chi connectivity index (χ2n) is 6.91. The molecule has 2 amide bonds. The number of rotatable bonds is 1. The summed E-state index contributed by atoms with van der Waals surface area (Å²) in [6.45, 7) is 2.52. The van der Waals surface area contributed by atoms with E-state index in [0.717, 1.165) is 35.5 Å². The second kappa shape index (κ2) is 7.12. The molecule has 0 bridgehead atoms. The van der Waals surface area contributed by atoms with E-state index in [4.69, 9.17) is 5.73 Å².